The lowest BCUT2D eigenvalue weighted by Crippen LogP contribution is -2.24. The van der Waals surface area contributed by atoms with Crippen molar-refractivity contribution in [3.63, 3.8) is 0 Å². The Balaban J connectivity index is 1.87. The van der Waals surface area contributed by atoms with Crippen molar-refractivity contribution in [1.82, 2.24) is 0 Å². The van der Waals surface area contributed by atoms with E-state index in [1.165, 1.54) is 38.5 Å². The predicted octanol–water partition coefficient (Wildman–Crippen LogP) is 0.947. The number of methoxy groups -OCH3 is 2. The number of fused-ring (bicyclic) bond motifs is 1. The molecule has 1 aliphatic heterocycles. The number of nitrogens with two attached hydrogens (primary N) is 2. The number of esters is 1. The minimum absolute atomic E-state index is 0.0818. The third-order valence-corrected chi connectivity index (χ3v) is 5.28. The molecule has 0 bridgehead atoms. The molecule has 0 fully saturated rings. The van der Waals surface area contributed by atoms with Crippen molar-refractivity contribution in [3.05, 3.63) is 47.5 Å². The number of cyclic esters (lactones) is 1. The molecule has 3 rings (SSSR count). The Hall–Kier alpha value is -3.47. The van der Waals surface area contributed by atoms with Crippen molar-refractivity contribution in [2.24, 2.45) is 15.9 Å². The van der Waals surface area contributed by atoms with Crippen molar-refractivity contribution in [2.75, 3.05) is 19.5 Å². The molecule has 1 atom stereocenters. The number of carbonyl (C=O) groups is 1. The van der Waals surface area contributed by atoms with Gasteiger partial charge in [-0.2, -0.15) is 8.42 Å². The Morgan fingerprint density at radius 1 is 1.11 bits per heavy atom. The molecule has 1 heterocycles. The van der Waals surface area contributed by atoms with Gasteiger partial charge in [0.15, 0.2) is 11.5 Å². The summed E-state index contributed by atoms with van der Waals surface area (Å²) in [5.41, 5.74) is 11.6. The van der Waals surface area contributed by atoms with Crippen LogP contribution >= 0.6 is 0 Å². The van der Waals surface area contributed by atoms with Gasteiger partial charge in [-0.1, -0.05) is 0 Å². The van der Waals surface area contributed by atoms with Crippen molar-refractivity contribution in [2.45, 2.75) is 11.1 Å². The average Bonchev–Trinajstić information content (AvgIpc) is 2.96. The van der Waals surface area contributed by atoms with Gasteiger partial charge in [-0.15, -0.1) is 4.40 Å². The number of sulfonamides is 1. The molecule has 1 aliphatic rings. The second-order valence-electron chi connectivity index (χ2n) is 5.71. The maximum atomic E-state index is 12.3. The number of rotatable bonds is 6. The number of ether oxygens (including phenoxy) is 3. The van der Waals surface area contributed by atoms with Crippen LogP contribution in [0.5, 0.6) is 11.5 Å². The van der Waals surface area contributed by atoms with Gasteiger partial charge in [0.05, 0.1) is 19.1 Å². The first kappa shape index (κ1) is 19.3. The zero-order valence-electron chi connectivity index (χ0n) is 15.0. The second kappa shape index (κ2) is 7.27. The van der Waals surface area contributed by atoms with Crippen LogP contribution in [0.1, 0.15) is 22.1 Å². The van der Waals surface area contributed by atoms with E-state index >= 15 is 0 Å². The van der Waals surface area contributed by atoms with Gasteiger partial charge in [0.25, 0.3) is 10.0 Å². The van der Waals surface area contributed by atoms with Crippen molar-refractivity contribution in [3.8, 4) is 11.5 Å². The first-order valence-electron chi connectivity index (χ1n) is 7.95. The molecule has 148 valence electrons. The second-order valence-corrected chi connectivity index (χ2v) is 7.31. The topological polar surface area (TPSA) is 155 Å². The molecule has 0 aliphatic carbocycles. The summed E-state index contributed by atoms with van der Waals surface area (Å²) in [6, 6.07) is 9.02. The molecule has 0 unspecified atom stereocenters. The van der Waals surface area contributed by atoms with E-state index < -0.39 is 28.2 Å². The molecule has 5 N–H and O–H groups in total. The minimum atomic E-state index is -3.98. The van der Waals surface area contributed by atoms with Crippen LogP contribution in [0.15, 0.2) is 45.7 Å². The van der Waals surface area contributed by atoms with E-state index in [4.69, 9.17) is 25.7 Å². The number of anilines is 1. The predicted molar refractivity (Wildman–Crippen MR) is 101 cm³/mol. The van der Waals surface area contributed by atoms with Gasteiger partial charge in [0.2, 0.25) is 12.2 Å². The highest BCUT2D eigenvalue weighted by molar-refractivity contribution is 7.90. The molecule has 0 amide bonds. The summed E-state index contributed by atoms with van der Waals surface area (Å²) in [6.45, 7) is 0. The first-order valence-corrected chi connectivity index (χ1v) is 9.39. The van der Waals surface area contributed by atoms with Crippen LogP contribution in [0.3, 0.4) is 0 Å². The summed E-state index contributed by atoms with van der Waals surface area (Å²) in [6.07, 6.45) is -0.775. The molecule has 0 aromatic heterocycles. The van der Waals surface area contributed by atoms with E-state index in [2.05, 4.69) is 9.71 Å². The molecule has 28 heavy (non-hydrogen) atoms. The number of nitrogens with zero attached hydrogens (tertiary/aromatic N) is 1. The zero-order valence-corrected chi connectivity index (χ0v) is 15.8. The fraction of sp³-hybridized carbons (Fsp3) is 0.176. The van der Waals surface area contributed by atoms with Gasteiger partial charge in [-0.3, -0.25) is 0 Å². The monoisotopic (exact) mass is 406 g/mol. The van der Waals surface area contributed by atoms with Crippen molar-refractivity contribution in [1.29, 1.82) is 0 Å². The fourth-order valence-corrected chi connectivity index (χ4v) is 3.64. The molecule has 0 saturated carbocycles. The van der Waals surface area contributed by atoms with E-state index in [0.717, 1.165) is 0 Å². The molecular formula is C17H18N4O6S. The minimum Gasteiger partial charge on any atom is -0.493 e. The van der Waals surface area contributed by atoms with Crippen molar-refractivity contribution >= 4 is 27.6 Å². The molecule has 2 aromatic carbocycles. The summed E-state index contributed by atoms with van der Waals surface area (Å²) in [5, 5.41) is 3.02. The van der Waals surface area contributed by atoms with Crippen LogP contribution in [0.4, 0.5) is 5.69 Å². The maximum absolute atomic E-state index is 12.3. The highest BCUT2D eigenvalue weighted by Crippen LogP contribution is 2.42. The fourth-order valence-electron chi connectivity index (χ4n) is 2.77. The van der Waals surface area contributed by atoms with E-state index in [0.29, 0.717) is 17.0 Å². The standard InChI is InChI=1S/C17H18N4O6S/c1-25-12-8-7-11-13(14(12)26-2)16(22)27-15(11)20-9-3-5-10(6-4-9)28(23,24)21-17(18)19/h3-8,15,20H,1-2H3,(H4,18,19,21)/t15-/m0/s1. The van der Waals surface area contributed by atoms with E-state index in [1.54, 1.807) is 12.1 Å². The molecule has 0 saturated heterocycles. The summed E-state index contributed by atoms with van der Waals surface area (Å²) in [4.78, 5) is 12.2. The molecule has 10 nitrogen and oxygen atoms in total. The molecule has 2 aromatic rings. The zero-order chi connectivity index (χ0) is 20.5. The number of hydrogen-bond donors (Lipinski definition) is 3. The van der Waals surface area contributed by atoms with Crippen LogP contribution in [-0.2, 0) is 14.8 Å². The number of benzene rings is 2. The third kappa shape index (κ3) is 3.51. The van der Waals surface area contributed by atoms with Gasteiger partial charge >= 0.3 is 5.97 Å². The van der Waals surface area contributed by atoms with Gasteiger partial charge in [-0.25, -0.2) is 4.79 Å². The largest absolute Gasteiger partial charge is 0.493 e. The van der Waals surface area contributed by atoms with Crippen LogP contribution in [0.2, 0.25) is 0 Å². The average molecular weight is 406 g/mol. The van der Waals surface area contributed by atoms with E-state index in [9.17, 15) is 13.2 Å². The Morgan fingerprint density at radius 2 is 1.79 bits per heavy atom. The lowest BCUT2D eigenvalue weighted by atomic mass is 10.1. The normalized spacial score (nSPS) is 15.4. The van der Waals surface area contributed by atoms with Gasteiger partial charge < -0.3 is 31.0 Å². The lowest BCUT2D eigenvalue weighted by molar-refractivity contribution is 0.0435. The van der Waals surface area contributed by atoms with Gasteiger partial charge in [-0.05, 0) is 36.4 Å². The first-order chi connectivity index (χ1) is 13.3. The molecule has 0 radical (unpaired) electrons. The summed E-state index contributed by atoms with van der Waals surface area (Å²) < 4.78 is 43.0. The van der Waals surface area contributed by atoms with E-state index in [-0.39, 0.29) is 16.2 Å². The number of nitrogens with one attached hydrogen (secondary N) is 1. The third-order valence-electron chi connectivity index (χ3n) is 3.96. The van der Waals surface area contributed by atoms with Crippen LogP contribution in [-0.4, -0.2) is 34.6 Å². The summed E-state index contributed by atoms with van der Waals surface area (Å²) >= 11 is 0. The van der Waals surface area contributed by atoms with Crippen molar-refractivity contribution < 1.29 is 27.4 Å². The van der Waals surface area contributed by atoms with E-state index in [1.807, 2.05) is 0 Å². The SMILES string of the molecule is COc1ccc2c(c1OC)C(=O)O[C@@H]2Nc1ccc(S(=O)(=O)N=C(N)N)cc1. The van der Waals surface area contributed by atoms with Gasteiger partial charge in [0, 0.05) is 11.3 Å². The highest BCUT2D eigenvalue weighted by atomic mass is 32.2. The Labute approximate surface area is 161 Å². The van der Waals surface area contributed by atoms with Crippen LogP contribution < -0.4 is 26.3 Å². The molecule has 0 spiro atoms. The smallest absolute Gasteiger partial charge is 0.344 e. The Bertz CT molecular complexity index is 1050. The maximum Gasteiger partial charge on any atom is 0.344 e. The number of hydrogen-bond acceptors (Lipinski definition) is 7. The van der Waals surface area contributed by atoms with Crippen LogP contribution in [0, 0.1) is 0 Å². The lowest BCUT2D eigenvalue weighted by Gasteiger charge is -2.15. The summed E-state index contributed by atoms with van der Waals surface area (Å²) in [5.74, 6) is -0.419. The molecular weight excluding hydrogens is 388 g/mol. The highest BCUT2D eigenvalue weighted by Gasteiger charge is 2.35. The molecule has 11 heteroatoms. The summed E-state index contributed by atoms with van der Waals surface area (Å²) in [7, 11) is -1.08. The Morgan fingerprint density at radius 3 is 2.36 bits per heavy atom. The number of carbonyl (C=O) groups excluding carboxylic acids is 1. The van der Waals surface area contributed by atoms with Gasteiger partial charge in [0.1, 0.15) is 5.56 Å². The van der Waals surface area contributed by atoms with Crippen LogP contribution in [0.25, 0.3) is 0 Å². The quantitative estimate of drug-likeness (QED) is 0.361. The number of guanidine groups is 1. The Kier molecular flexibility index (Phi) is 5.01.